The molecule has 1 aliphatic heterocycles. The molecule has 0 bridgehead atoms. The molecular formula is C19H21FN4O2. The van der Waals surface area contributed by atoms with Crippen molar-refractivity contribution in [3.63, 3.8) is 0 Å². The SMILES string of the molecule is CO[C@@H]1C[C@H](C)n2c1nc1cc(F)c(-c3cnc(C(C)(C)O)nc3)cc12. The summed E-state index contributed by atoms with van der Waals surface area (Å²) in [6.45, 7) is 5.32. The van der Waals surface area contributed by atoms with E-state index in [4.69, 9.17) is 4.74 Å². The average molecular weight is 356 g/mol. The van der Waals surface area contributed by atoms with Gasteiger partial charge in [-0.1, -0.05) is 0 Å². The third kappa shape index (κ3) is 2.59. The van der Waals surface area contributed by atoms with Crippen molar-refractivity contribution in [3.8, 4) is 11.1 Å². The molecule has 0 fully saturated rings. The molecule has 0 saturated carbocycles. The lowest BCUT2D eigenvalue weighted by Crippen LogP contribution is -2.19. The highest BCUT2D eigenvalue weighted by Gasteiger charge is 2.32. The highest BCUT2D eigenvalue weighted by molar-refractivity contribution is 5.83. The van der Waals surface area contributed by atoms with Crippen LogP contribution in [-0.4, -0.2) is 31.7 Å². The molecule has 2 aromatic heterocycles. The molecule has 0 unspecified atom stereocenters. The number of hydrogen-bond acceptors (Lipinski definition) is 5. The molecule has 1 aliphatic rings. The number of methoxy groups -OCH3 is 1. The number of ether oxygens (including phenoxy) is 1. The van der Waals surface area contributed by atoms with Crippen LogP contribution in [0.1, 0.15) is 51.0 Å². The van der Waals surface area contributed by atoms with Gasteiger partial charge in [-0.05, 0) is 26.8 Å². The van der Waals surface area contributed by atoms with Crippen molar-refractivity contribution in [2.45, 2.75) is 44.9 Å². The van der Waals surface area contributed by atoms with Crippen LogP contribution in [0.5, 0.6) is 0 Å². The number of imidazole rings is 1. The number of rotatable bonds is 3. The third-order valence-electron chi connectivity index (χ3n) is 4.88. The van der Waals surface area contributed by atoms with E-state index in [9.17, 15) is 9.50 Å². The second kappa shape index (κ2) is 5.82. The normalized spacial score (nSPS) is 19.9. The lowest BCUT2D eigenvalue weighted by Gasteiger charge is -2.15. The van der Waals surface area contributed by atoms with Crippen LogP contribution in [-0.2, 0) is 10.3 Å². The summed E-state index contributed by atoms with van der Waals surface area (Å²) in [5.74, 6) is 0.750. The maximum absolute atomic E-state index is 14.7. The van der Waals surface area contributed by atoms with Gasteiger partial charge in [-0.2, -0.15) is 0 Å². The zero-order chi connectivity index (χ0) is 18.6. The lowest BCUT2D eigenvalue weighted by atomic mass is 10.1. The van der Waals surface area contributed by atoms with E-state index in [2.05, 4.69) is 26.4 Å². The first-order valence-corrected chi connectivity index (χ1v) is 8.59. The van der Waals surface area contributed by atoms with E-state index >= 15 is 0 Å². The summed E-state index contributed by atoms with van der Waals surface area (Å²) in [4.78, 5) is 12.9. The van der Waals surface area contributed by atoms with Crippen LogP contribution in [0.4, 0.5) is 4.39 Å². The fourth-order valence-electron chi connectivity index (χ4n) is 3.55. The molecule has 7 heteroatoms. The molecule has 3 heterocycles. The molecule has 3 aromatic rings. The van der Waals surface area contributed by atoms with Gasteiger partial charge in [-0.15, -0.1) is 0 Å². The largest absolute Gasteiger partial charge is 0.382 e. The summed E-state index contributed by atoms with van der Waals surface area (Å²) < 4.78 is 22.3. The number of aromatic nitrogens is 4. The van der Waals surface area contributed by atoms with E-state index in [1.165, 1.54) is 18.5 Å². The molecule has 0 spiro atoms. The first-order valence-electron chi connectivity index (χ1n) is 8.59. The van der Waals surface area contributed by atoms with Crippen LogP contribution in [0.25, 0.3) is 22.2 Å². The van der Waals surface area contributed by atoms with Gasteiger partial charge >= 0.3 is 0 Å². The van der Waals surface area contributed by atoms with Crippen LogP contribution in [0.3, 0.4) is 0 Å². The minimum atomic E-state index is -1.14. The van der Waals surface area contributed by atoms with E-state index in [0.29, 0.717) is 22.5 Å². The standard InChI is InChI=1S/C19H21FN4O2/c1-10-5-16(26-4)17-23-14-7-13(20)12(6-15(14)24(10)17)11-8-21-18(22-9-11)19(2,3)25/h6-10,16,25H,5H2,1-4H3/t10-,16+/m0/s1. The summed E-state index contributed by atoms with van der Waals surface area (Å²) in [6, 6.07) is 3.46. The fourth-order valence-corrected chi connectivity index (χ4v) is 3.55. The number of aliphatic hydroxyl groups is 1. The molecule has 2 atom stereocenters. The van der Waals surface area contributed by atoms with Gasteiger partial charge in [-0.3, -0.25) is 0 Å². The van der Waals surface area contributed by atoms with Gasteiger partial charge in [0.1, 0.15) is 23.3 Å². The van der Waals surface area contributed by atoms with Gasteiger partial charge in [0, 0.05) is 49.2 Å². The summed E-state index contributed by atoms with van der Waals surface area (Å²) >= 11 is 0. The molecule has 0 saturated heterocycles. The van der Waals surface area contributed by atoms with E-state index < -0.39 is 5.60 Å². The van der Waals surface area contributed by atoms with Gasteiger partial charge in [0.05, 0.1) is 11.0 Å². The maximum Gasteiger partial charge on any atom is 0.159 e. The van der Waals surface area contributed by atoms with Crippen molar-refractivity contribution >= 4 is 11.0 Å². The van der Waals surface area contributed by atoms with Crippen LogP contribution < -0.4 is 0 Å². The van der Waals surface area contributed by atoms with Gasteiger partial charge in [0.15, 0.2) is 5.82 Å². The monoisotopic (exact) mass is 356 g/mol. The molecule has 4 rings (SSSR count). The zero-order valence-electron chi connectivity index (χ0n) is 15.2. The molecule has 0 radical (unpaired) electrons. The molecule has 136 valence electrons. The van der Waals surface area contributed by atoms with Crippen LogP contribution in [0.2, 0.25) is 0 Å². The molecule has 0 amide bonds. The Morgan fingerprint density at radius 1 is 1.27 bits per heavy atom. The number of nitrogens with zero attached hydrogens (tertiary/aromatic N) is 4. The van der Waals surface area contributed by atoms with E-state index in [0.717, 1.165) is 17.8 Å². The third-order valence-corrected chi connectivity index (χ3v) is 4.88. The number of halogens is 1. The van der Waals surface area contributed by atoms with Crippen molar-refractivity contribution in [2.24, 2.45) is 0 Å². The van der Waals surface area contributed by atoms with Gasteiger partial charge < -0.3 is 14.4 Å². The molecule has 0 aliphatic carbocycles. The minimum Gasteiger partial charge on any atom is -0.382 e. The van der Waals surface area contributed by atoms with Crippen molar-refractivity contribution in [1.29, 1.82) is 0 Å². The highest BCUT2D eigenvalue weighted by Crippen LogP contribution is 2.40. The minimum absolute atomic E-state index is 0.0710. The summed E-state index contributed by atoms with van der Waals surface area (Å²) in [5, 5.41) is 9.98. The first kappa shape index (κ1) is 17.1. The lowest BCUT2D eigenvalue weighted by molar-refractivity contribution is 0.0687. The Labute approximate surface area is 150 Å². The highest BCUT2D eigenvalue weighted by atomic mass is 19.1. The second-order valence-electron chi connectivity index (χ2n) is 7.32. The maximum atomic E-state index is 14.7. The van der Waals surface area contributed by atoms with E-state index in [1.807, 2.05) is 0 Å². The van der Waals surface area contributed by atoms with Gasteiger partial charge in [0.2, 0.25) is 0 Å². The number of fused-ring (bicyclic) bond motifs is 3. The van der Waals surface area contributed by atoms with E-state index in [-0.39, 0.29) is 18.0 Å². The Morgan fingerprint density at radius 2 is 1.96 bits per heavy atom. The Kier molecular flexibility index (Phi) is 3.82. The van der Waals surface area contributed by atoms with Crippen molar-refractivity contribution in [3.05, 3.63) is 42.0 Å². The van der Waals surface area contributed by atoms with Crippen molar-refractivity contribution in [2.75, 3.05) is 7.11 Å². The van der Waals surface area contributed by atoms with Crippen LogP contribution >= 0.6 is 0 Å². The topological polar surface area (TPSA) is 73.1 Å². The summed E-state index contributed by atoms with van der Waals surface area (Å²) in [6.07, 6.45) is 3.85. The number of benzene rings is 1. The smallest absolute Gasteiger partial charge is 0.159 e. The summed E-state index contributed by atoms with van der Waals surface area (Å²) in [5.41, 5.74) is 1.31. The van der Waals surface area contributed by atoms with Crippen molar-refractivity contribution in [1.82, 2.24) is 19.5 Å². The van der Waals surface area contributed by atoms with Crippen molar-refractivity contribution < 1.29 is 14.2 Å². The molecule has 1 N–H and O–H groups in total. The Bertz CT molecular complexity index is 976. The Balaban J connectivity index is 1.84. The molecule has 1 aromatic carbocycles. The van der Waals surface area contributed by atoms with Gasteiger partial charge in [-0.25, -0.2) is 19.3 Å². The van der Waals surface area contributed by atoms with E-state index in [1.54, 1.807) is 27.0 Å². The molecule has 6 nitrogen and oxygen atoms in total. The number of hydrogen-bond donors (Lipinski definition) is 1. The Morgan fingerprint density at radius 3 is 2.58 bits per heavy atom. The predicted octanol–water partition coefficient (Wildman–Crippen LogP) is 3.51. The summed E-state index contributed by atoms with van der Waals surface area (Å²) in [7, 11) is 1.67. The molecular weight excluding hydrogens is 335 g/mol. The van der Waals surface area contributed by atoms with Gasteiger partial charge in [0.25, 0.3) is 0 Å². The van der Waals surface area contributed by atoms with Crippen LogP contribution in [0, 0.1) is 5.82 Å². The molecule has 26 heavy (non-hydrogen) atoms. The first-order chi connectivity index (χ1) is 12.3. The average Bonchev–Trinajstić information content (AvgIpc) is 3.10. The quantitative estimate of drug-likeness (QED) is 0.777. The predicted molar refractivity (Wildman–Crippen MR) is 95.0 cm³/mol. The second-order valence-corrected chi connectivity index (χ2v) is 7.32. The zero-order valence-corrected chi connectivity index (χ0v) is 15.2. The Hall–Kier alpha value is -2.38. The van der Waals surface area contributed by atoms with Crippen LogP contribution in [0.15, 0.2) is 24.5 Å². The fraction of sp³-hybridized carbons (Fsp3) is 0.421.